The first-order valence-electron chi connectivity index (χ1n) is 7.25. The summed E-state index contributed by atoms with van der Waals surface area (Å²) in [4.78, 5) is 3.62. The third kappa shape index (κ3) is 1.68. The van der Waals surface area contributed by atoms with Crippen molar-refractivity contribution in [3.63, 3.8) is 0 Å². The smallest absolute Gasteiger partial charge is 0.119 e. The predicted molar refractivity (Wildman–Crippen MR) is 78.5 cm³/mol. The molecule has 2 bridgehead atoms. The van der Waals surface area contributed by atoms with Crippen LogP contribution >= 0.6 is 0 Å². The van der Waals surface area contributed by atoms with Gasteiger partial charge in [0.25, 0.3) is 0 Å². The second-order valence-electron chi connectivity index (χ2n) is 5.85. The van der Waals surface area contributed by atoms with Gasteiger partial charge < -0.3 is 19.8 Å². The van der Waals surface area contributed by atoms with Gasteiger partial charge in [-0.2, -0.15) is 0 Å². The minimum absolute atomic E-state index is 0.264. The second-order valence-corrected chi connectivity index (χ2v) is 5.85. The monoisotopic (exact) mass is 272 g/mol. The summed E-state index contributed by atoms with van der Waals surface area (Å²) in [5.41, 5.74) is 4.02. The summed E-state index contributed by atoms with van der Waals surface area (Å²) in [6, 6.07) is 6.85. The van der Waals surface area contributed by atoms with Crippen molar-refractivity contribution >= 4 is 10.9 Å². The molecule has 2 heterocycles. The number of hydrogen-bond acceptors (Lipinski definition) is 3. The summed E-state index contributed by atoms with van der Waals surface area (Å²) in [5, 5.41) is 4.90. The lowest BCUT2D eigenvalue weighted by Crippen LogP contribution is -2.50. The largest absolute Gasteiger partial charge is 0.497 e. The number of aromatic nitrogens is 1. The van der Waals surface area contributed by atoms with Gasteiger partial charge in [-0.05, 0) is 36.6 Å². The molecule has 2 N–H and O–H groups in total. The van der Waals surface area contributed by atoms with Crippen LogP contribution < -0.4 is 10.1 Å². The van der Waals surface area contributed by atoms with Crippen LogP contribution in [0, 0.1) is 0 Å². The van der Waals surface area contributed by atoms with E-state index in [0.29, 0.717) is 12.0 Å². The Morgan fingerprint density at radius 2 is 2.15 bits per heavy atom. The molecule has 4 nitrogen and oxygen atoms in total. The summed E-state index contributed by atoms with van der Waals surface area (Å²) in [6.45, 7) is 0.948. The van der Waals surface area contributed by atoms with Crippen LogP contribution in [-0.2, 0) is 11.2 Å². The molecule has 0 spiro atoms. The quantitative estimate of drug-likeness (QED) is 0.881. The summed E-state index contributed by atoms with van der Waals surface area (Å²) in [6.07, 6.45) is 2.52. The van der Waals surface area contributed by atoms with Gasteiger partial charge in [0.05, 0.1) is 13.2 Å². The summed E-state index contributed by atoms with van der Waals surface area (Å²) >= 11 is 0. The molecule has 106 valence electrons. The van der Waals surface area contributed by atoms with Crippen LogP contribution in [0.4, 0.5) is 0 Å². The minimum atomic E-state index is 0.264. The van der Waals surface area contributed by atoms with Crippen LogP contribution in [-0.4, -0.2) is 37.9 Å². The lowest BCUT2D eigenvalue weighted by atomic mass is 9.78. The number of aromatic amines is 1. The van der Waals surface area contributed by atoms with Crippen molar-refractivity contribution in [2.45, 2.75) is 30.9 Å². The average Bonchev–Trinajstić information content (AvgIpc) is 2.85. The van der Waals surface area contributed by atoms with E-state index in [9.17, 15) is 0 Å². The zero-order valence-corrected chi connectivity index (χ0v) is 11.9. The van der Waals surface area contributed by atoms with Gasteiger partial charge in [0.2, 0.25) is 0 Å². The van der Waals surface area contributed by atoms with Crippen LogP contribution in [0.3, 0.4) is 0 Å². The number of benzene rings is 1. The molecule has 0 amide bonds. The fourth-order valence-electron chi connectivity index (χ4n) is 3.83. The maximum Gasteiger partial charge on any atom is 0.119 e. The molecule has 0 saturated carbocycles. The lowest BCUT2D eigenvalue weighted by molar-refractivity contribution is 0.0461. The van der Waals surface area contributed by atoms with E-state index in [1.54, 1.807) is 7.11 Å². The fraction of sp³-hybridized carbons (Fsp3) is 0.500. The zero-order chi connectivity index (χ0) is 13.7. The molecule has 1 saturated heterocycles. The minimum Gasteiger partial charge on any atom is -0.497 e. The lowest BCUT2D eigenvalue weighted by Gasteiger charge is -2.40. The number of hydrogen-bond donors (Lipinski definition) is 2. The molecule has 1 fully saturated rings. The van der Waals surface area contributed by atoms with Gasteiger partial charge in [-0.15, -0.1) is 0 Å². The Balaban J connectivity index is 1.88. The first kappa shape index (κ1) is 12.2. The molecule has 20 heavy (non-hydrogen) atoms. The molecule has 2 aliphatic rings. The maximum atomic E-state index is 5.67. The Hall–Kier alpha value is -1.52. The van der Waals surface area contributed by atoms with Crippen molar-refractivity contribution < 1.29 is 9.47 Å². The van der Waals surface area contributed by atoms with E-state index in [0.717, 1.165) is 25.1 Å². The van der Waals surface area contributed by atoms with E-state index >= 15 is 0 Å². The summed E-state index contributed by atoms with van der Waals surface area (Å²) in [7, 11) is 3.53. The Morgan fingerprint density at radius 3 is 2.95 bits per heavy atom. The number of fused-ring (bicyclic) bond motifs is 6. The van der Waals surface area contributed by atoms with Crippen LogP contribution in [0.15, 0.2) is 18.2 Å². The highest BCUT2D eigenvalue weighted by atomic mass is 16.5. The Bertz CT molecular complexity index is 649. The van der Waals surface area contributed by atoms with Gasteiger partial charge in [-0.3, -0.25) is 0 Å². The number of ether oxygens (including phenoxy) is 2. The van der Waals surface area contributed by atoms with Gasteiger partial charge in [0.15, 0.2) is 0 Å². The van der Waals surface area contributed by atoms with Gasteiger partial charge in [-0.25, -0.2) is 0 Å². The molecule has 1 aliphatic carbocycles. The van der Waals surface area contributed by atoms with Crippen LogP contribution in [0.25, 0.3) is 10.9 Å². The third-order valence-corrected chi connectivity index (χ3v) is 4.87. The normalized spacial score (nSPS) is 28.4. The number of rotatable bonds is 2. The van der Waals surface area contributed by atoms with Crippen molar-refractivity contribution in [3.8, 4) is 5.75 Å². The summed E-state index contributed by atoms with van der Waals surface area (Å²) in [5.74, 6) is 1.40. The molecular formula is C16H20N2O2. The number of nitrogens with one attached hydrogen (secondary N) is 2. The molecule has 1 aliphatic heterocycles. The van der Waals surface area contributed by atoms with Crippen LogP contribution in [0.5, 0.6) is 5.75 Å². The van der Waals surface area contributed by atoms with Crippen molar-refractivity contribution in [1.82, 2.24) is 10.3 Å². The molecule has 4 rings (SSSR count). The molecule has 4 heteroatoms. The Kier molecular flexibility index (Phi) is 2.75. The van der Waals surface area contributed by atoms with E-state index in [1.807, 2.05) is 13.2 Å². The van der Waals surface area contributed by atoms with Crippen molar-refractivity contribution in [3.05, 3.63) is 29.5 Å². The van der Waals surface area contributed by atoms with Gasteiger partial charge in [0, 0.05) is 42.2 Å². The molecule has 1 aromatic heterocycles. The SMILES string of the molecule is COc1ccc2[nH]c3c(c2c1)C[C@H]1C[C@H]3[C@@H](OC)CN1. The zero-order valence-electron chi connectivity index (χ0n) is 11.9. The Morgan fingerprint density at radius 1 is 1.25 bits per heavy atom. The first-order chi connectivity index (χ1) is 9.80. The summed E-state index contributed by atoms with van der Waals surface area (Å²) < 4.78 is 11.0. The molecular weight excluding hydrogens is 252 g/mol. The van der Waals surface area contributed by atoms with Crippen molar-refractivity contribution in [2.75, 3.05) is 20.8 Å². The second kappa shape index (κ2) is 4.50. The maximum absolute atomic E-state index is 5.67. The average molecular weight is 272 g/mol. The third-order valence-electron chi connectivity index (χ3n) is 4.87. The molecule has 0 radical (unpaired) electrons. The van der Waals surface area contributed by atoms with Crippen LogP contribution in [0.1, 0.15) is 23.6 Å². The van der Waals surface area contributed by atoms with E-state index in [4.69, 9.17) is 9.47 Å². The van der Waals surface area contributed by atoms with E-state index in [1.165, 1.54) is 22.2 Å². The topological polar surface area (TPSA) is 46.3 Å². The molecule has 1 aromatic carbocycles. The Labute approximate surface area is 118 Å². The van der Waals surface area contributed by atoms with E-state index in [-0.39, 0.29) is 6.10 Å². The standard InChI is InChI=1S/C16H20N2O2/c1-19-10-3-4-14-11(7-10)12-5-9-6-13(16(12)18-14)15(20-2)8-17-9/h3-4,7,9,13,15,17-18H,5-6,8H2,1-2H3/t9-,13-,15-/m0/s1. The van der Waals surface area contributed by atoms with Crippen molar-refractivity contribution in [2.24, 2.45) is 0 Å². The first-order valence-corrected chi connectivity index (χ1v) is 7.25. The highest BCUT2D eigenvalue weighted by Gasteiger charge is 2.38. The molecule has 2 aromatic rings. The number of methoxy groups -OCH3 is 2. The van der Waals surface area contributed by atoms with E-state index < -0.39 is 0 Å². The van der Waals surface area contributed by atoms with Gasteiger partial charge in [-0.1, -0.05) is 0 Å². The van der Waals surface area contributed by atoms with Crippen molar-refractivity contribution in [1.29, 1.82) is 0 Å². The predicted octanol–water partition coefficient (Wildman–Crippen LogP) is 2.19. The highest BCUT2D eigenvalue weighted by Crippen LogP contribution is 2.41. The van der Waals surface area contributed by atoms with Gasteiger partial charge in [0.1, 0.15) is 5.75 Å². The molecule has 0 unspecified atom stereocenters. The number of H-pyrrole nitrogens is 1. The van der Waals surface area contributed by atoms with Gasteiger partial charge >= 0.3 is 0 Å². The van der Waals surface area contributed by atoms with Crippen LogP contribution in [0.2, 0.25) is 0 Å². The van der Waals surface area contributed by atoms with E-state index in [2.05, 4.69) is 22.4 Å². The number of piperidine rings is 1. The molecule has 3 atom stereocenters. The fourth-order valence-corrected chi connectivity index (χ4v) is 3.83. The highest BCUT2D eigenvalue weighted by molar-refractivity contribution is 5.86.